The first-order valence-electron chi connectivity index (χ1n) is 3.05. The lowest BCUT2D eigenvalue weighted by molar-refractivity contribution is 1.34. The Morgan fingerprint density at radius 2 is 1.67 bits per heavy atom. The zero-order valence-electron chi connectivity index (χ0n) is 5.25. The quantitative estimate of drug-likeness (QED) is 0.427. The maximum Gasteiger partial charge on any atom is -0.0641 e. The lowest BCUT2D eigenvalue weighted by Crippen LogP contribution is -1.55. The van der Waals surface area contributed by atoms with Gasteiger partial charge >= 0.3 is 0 Å². The molecule has 0 amide bonds. The van der Waals surface area contributed by atoms with Crippen LogP contribution in [-0.4, -0.2) is 0 Å². The Bertz CT molecular complexity index is 148. The Hall–Kier alpha value is -1.04. The normalized spacial score (nSPS) is 27.6. The molecule has 1 aliphatic rings. The number of hydrogen-bond donors (Lipinski definition) is 0. The Kier molecular flexibility index (Phi) is 2.64. The Morgan fingerprint density at radius 3 is 2.67 bits per heavy atom. The lowest BCUT2D eigenvalue weighted by Gasteiger charge is -1.85. The Morgan fingerprint density at radius 1 is 0.889 bits per heavy atom. The van der Waals surface area contributed by atoms with Crippen molar-refractivity contribution in [1.82, 2.24) is 0 Å². The summed E-state index contributed by atoms with van der Waals surface area (Å²) in [7, 11) is 0. The summed E-state index contributed by atoms with van der Waals surface area (Å²) in [5, 5.41) is 0. The molecule has 0 nitrogen and oxygen atoms in total. The van der Waals surface area contributed by atoms with E-state index in [1.54, 1.807) is 0 Å². The van der Waals surface area contributed by atoms with Gasteiger partial charge in [0.15, 0.2) is 0 Å². The van der Waals surface area contributed by atoms with Crippen LogP contribution in [0.2, 0.25) is 0 Å². The summed E-state index contributed by atoms with van der Waals surface area (Å²) >= 11 is 0. The monoisotopic (exact) mass is 117 g/mol. The van der Waals surface area contributed by atoms with E-state index >= 15 is 0 Å². The maximum absolute atomic E-state index is 3.09. The van der Waals surface area contributed by atoms with E-state index in [2.05, 4.69) is 12.2 Å². The third-order valence-corrected chi connectivity index (χ3v) is 1.03. The highest BCUT2D eigenvalue weighted by molar-refractivity contribution is 5.16. The minimum Gasteiger partial charge on any atom is -0.271 e. The Balaban J connectivity index is 2.60. The second kappa shape index (κ2) is 3.90. The van der Waals surface area contributed by atoms with Crippen molar-refractivity contribution in [3.05, 3.63) is 48.6 Å². The summed E-state index contributed by atoms with van der Waals surface area (Å²) in [5.74, 6) is 0. The second-order valence-electron chi connectivity index (χ2n) is 1.77. The summed E-state index contributed by atoms with van der Waals surface area (Å²) in [5.41, 5.74) is 0. The number of allylic oxidation sites excluding steroid dienone is 8. The zero-order chi connectivity index (χ0) is 6.36. The van der Waals surface area contributed by atoms with Gasteiger partial charge in [0.2, 0.25) is 0 Å². The highest BCUT2D eigenvalue weighted by Crippen LogP contribution is 1.90. The average Bonchev–Trinajstić information content (AvgIpc) is 2.00. The van der Waals surface area contributed by atoms with Crippen LogP contribution in [-0.2, 0) is 0 Å². The van der Waals surface area contributed by atoms with Gasteiger partial charge in [-0.1, -0.05) is 30.7 Å². The van der Waals surface area contributed by atoms with Crippen molar-refractivity contribution in [3.63, 3.8) is 0 Å². The molecular weight excluding hydrogens is 108 g/mol. The predicted molar refractivity (Wildman–Crippen MR) is 39.9 cm³/mol. The van der Waals surface area contributed by atoms with Crippen LogP contribution in [0.15, 0.2) is 42.5 Å². The van der Waals surface area contributed by atoms with E-state index in [9.17, 15) is 0 Å². The molecular formula is C9H9-. The average molecular weight is 117 g/mol. The minimum atomic E-state index is 0.911. The molecule has 46 valence electrons. The fourth-order valence-corrected chi connectivity index (χ4v) is 0.599. The summed E-state index contributed by atoms with van der Waals surface area (Å²) in [6.45, 7) is 0. The van der Waals surface area contributed by atoms with E-state index < -0.39 is 0 Å². The molecule has 0 N–H and O–H groups in total. The topological polar surface area (TPSA) is 0 Å². The summed E-state index contributed by atoms with van der Waals surface area (Å²) in [6.07, 6.45) is 18.0. The standard InChI is InChI=1S/C9H9/c1-2-4-6-8-9-7-5-3-1/h1-7H,8H2/q-1/b2-1-,5-3-,6-4-. The second-order valence-corrected chi connectivity index (χ2v) is 1.77. The van der Waals surface area contributed by atoms with Gasteiger partial charge in [-0.3, -0.25) is 6.08 Å². The molecule has 0 bridgehead atoms. The minimum absolute atomic E-state index is 0.911. The summed E-state index contributed by atoms with van der Waals surface area (Å²) in [6, 6.07) is 0. The van der Waals surface area contributed by atoms with E-state index in [-0.39, 0.29) is 0 Å². The molecule has 0 aromatic rings. The van der Waals surface area contributed by atoms with Gasteiger partial charge in [0, 0.05) is 0 Å². The van der Waals surface area contributed by atoms with Crippen molar-refractivity contribution >= 4 is 0 Å². The van der Waals surface area contributed by atoms with Crippen molar-refractivity contribution in [1.29, 1.82) is 0 Å². The summed E-state index contributed by atoms with van der Waals surface area (Å²) < 4.78 is 0. The van der Waals surface area contributed by atoms with E-state index in [0.29, 0.717) is 0 Å². The van der Waals surface area contributed by atoms with Crippen LogP contribution in [0.3, 0.4) is 0 Å². The van der Waals surface area contributed by atoms with Crippen molar-refractivity contribution in [3.8, 4) is 0 Å². The van der Waals surface area contributed by atoms with E-state index in [4.69, 9.17) is 0 Å². The van der Waals surface area contributed by atoms with Crippen LogP contribution in [0.4, 0.5) is 0 Å². The number of rotatable bonds is 0. The van der Waals surface area contributed by atoms with Crippen LogP contribution in [0.1, 0.15) is 6.42 Å². The maximum atomic E-state index is 3.09. The predicted octanol–water partition coefficient (Wildman–Crippen LogP) is 2.42. The third kappa shape index (κ3) is 2.70. The molecule has 0 saturated carbocycles. The molecule has 0 aliphatic heterocycles. The lowest BCUT2D eigenvalue weighted by atomic mass is 10.3. The molecule has 0 aromatic carbocycles. The fraction of sp³-hybridized carbons (Fsp3) is 0.111. The van der Waals surface area contributed by atoms with Gasteiger partial charge in [-0.05, 0) is 0 Å². The van der Waals surface area contributed by atoms with Gasteiger partial charge < -0.3 is 0 Å². The van der Waals surface area contributed by atoms with Crippen LogP contribution in [0, 0.1) is 6.08 Å². The SMILES string of the molecule is [C-]1=C\C=C/C=C\C=C/C1. The van der Waals surface area contributed by atoms with E-state index in [0.717, 1.165) is 6.42 Å². The van der Waals surface area contributed by atoms with Crippen molar-refractivity contribution in [2.75, 3.05) is 0 Å². The van der Waals surface area contributed by atoms with Gasteiger partial charge in [0.05, 0.1) is 0 Å². The van der Waals surface area contributed by atoms with Gasteiger partial charge in [0.1, 0.15) is 0 Å². The molecule has 1 rings (SSSR count). The van der Waals surface area contributed by atoms with Crippen molar-refractivity contribution in [2.45, 2.75) is 6.42 Å². The first-order valence-corrected chi connectivity index (χ1v) is 3.05. The molecule has 9 heavy (non-hydrogen) atoms. The molecule has 0 atom stereocenters. The zero-order valence-corrected chi connectivity index (χ0v) is 5.25. The van der Waals surface area contributed by atoms with Crippen molar-refractivity contribution < 1.29 is 0 Å². The molecule has 0 aromatic heterocycles. The molecule has 0 saturated heterocycles. The largest absolute Gasteiger partial charge is 0.271 e. The molecule has 0 unspecified atom stereocenters. The molecule has 0 heteroatoms. The van der Waals surface area contributed by atoms with E-state index in [1.807, 2.05) is 36.5 Å². The van der Waals surface area contributed by atoms with Gasteiger partial charge in [-0.15, -0.1) is 6.08 Å². The Labute approximate surface area is 55.9 Å². The molecule has 0 radical (unpaired) electrons. The van der Waals surface area contributed by atoms with Gasteiger partial charge in [-0.25, -0.2) is 12.2 Å². The highest BCUT2D eigenvalue weighted by atomic mass is 13.8. The molecule has 0 spiro atoms. The number of hydrogen-bond acceptors (Lipinski definition) is 0. The highest BCUT2D eigenvalue weighted by Gasteiger charge is 1.62. The first-order chi connectivity index (χ1) is 4.50. The molecule has 0 fully saturated rings. The smallest absolute Gasteiger partial charge is 0.0641 e. The van der Waals surface area contributed by atoms with Gasteiger partial charge in [-0.2, -0.15) is 0 Å². The third-order valence-electron chi connectivity index (χ3n) is 1.03. The van der Waals surface area contributed by atoms with Crippen LogP contribution in [0.5, 0.6) is 0 Å². The fourth-order valence-electron chi connectivity index (χ4n) is 0.599. The van der Waals surface area contributed by atoms with Crippen LogP contribution < -0.4 is 0 Å². The van der Waals surface area contributed by atoms with Crippen LogP contribution >= 0.6 is 0 Å². The molecule has 1 aliphatic carbocycles. The van der Waals surface area contributed by atoms with E-state index in [1.165, 1.54) is 0 Å². The van der Waals surface area contributed by atoms with Crippen LogP contribution in [0.25, 0.3) is 0 Å². The van der Waals surface area contributed by atoms with Crippen molar-refractivity contribution in [2.24, 2.45) is 0 Å². The summed E-state index contributed by atoms with van der Waals surface area (Å²) in [4.78, 5) is 0. The van der Waals surface area contributed by atoms with Gasteiger partial charge in [0.25, 0.3) is 0 Å². The first kappa shape index (κ1) is 6.09. The molecule has 0 heterocycles.